The summed E-state index contributed by atoms with van der Waals surface area (Å²) in [6.45, 7) is 0. The predicted octanol–water partition coefficient (Wildman–Crippen LogP) is 2.77. The minimum Gasteiger partial charge on any atom is -0.324 e. The maximum Gasteiger partial charge on any atom is 0.272 e. The lowest BCUT2D eigenvalue weighted by Crippen LogP contribution is -2.43. The number of nitrogens with two attached hydrogens (primary N) is 1. The first-order chi connectivity index (χ1) is 9.97. The minimum absolute atomic E-state index is 0.0721. The topological polar surface area (TPSA) is 69.2 Å². The molecule has 0 aromatic heterocycles. The van der Waals surface area contributed by atoms with Gasteiger partial charge in [-0.25, -0.2) is 4.39 Å². The summed E-state index contributed by atoms with van der Waals surface area (Å²) in [7, 11) is 0. The number of nitro benzene ring substituents is 1. The number of nitro groups is 1. The molecule has 0 saturated carbocycles. The summed E-state index contributed by atoms with van der Waals surface area (Å²) >= 11 is 0. The Morgan fingerprint density at radius 1 is 1.19 bits per heavy atom. The molecular weight excluding hydrogens is 271 g/mol. The van der Waals surface area contributed by atoms with E-state index < -0.39 is 16.3 Å². The van der Waals surface area contributed by atoms with Crippen molar-refractivity contribution >= 4 is 5.69 Å². The number of halogens is 1. The Balaban J connectivity index is 1.91. The van der Waals surface area contributed by atoms with Crippen LogP contribution in [0.1, 0.15) is 16.7 Å². The van der Waals surface area contributed by atoms with Gasteiger partial charge in [0.15, 0.2) is 0 Å². The molecule has 0 unspecified atom stereocenters. The first kappa shape index (κ1) is 13.7. The van der Waals surface area contributed by atoms with Crippen LogP contribution in [0.4, 0.5) is 10.1 Å². The second-order valence-corrected chi connectivity index (χ2v) is 5.69. The zero-order valence-corrected chi connectivity index (χ0v) is 11.4. The third-order valence-corrected chi connectivity index (χ3v) is 3.98. The Morgan fingerprint density at radius 2 is 1.81 bits per heavy atom. The van der Waals surface area contributed by atoms with Crippen LogP contribution in [0.3, 0.4) is 0 Å². The molecule has 0 aliphatic heterocycles. The van der Waals surface area contributed by atoms with E-state index in [1.807, 2.05) is 24.3 Å². The monoisotopic (exact) mass is 286 g/mol. The molecule has 5 heteroatoms. The summed E-state index contributed by atoms with van der Waals surface area (Å²) in [5.74, 6) is -0.477. The molecule has 4 nitrogen and oxygen atoms in total. The first-order valence-corrected chi connectivity index (χ1v) is 6.75. The third-order valence-electron chi connectivity index (χ3n) is 3.98. The van der Waals surface area contributed by atoms with Crippen LogP contribution in [-0.4, -0.2) is 10.5 Å². The van der Waals surface area contributed by atoms with Gasteiger partial charge >= 0.3 is 0 Å². The summed E-state index contributed by atoms with van der Waals surface area (Å²) in [6, 6.07) is 11.5. The maximum absolute atomic E-state index is 13.4. The number of rotatable bonds is 3. The van der Waals surface area contributed by atoms with Gasteiger partial charge in [0.05, 0.1) is 4.92 Å². The molecule has 3 rings (SSSR count). The fraction of sp³-hybridized carbons (Fsp3) is 0.250. The van der Waals surface area contributed by atoms with Crippen molar-refractivity contribution in [3.8, 4) is 0 Å². The molecule has 108 valence electrons. The highest BCUT2D eigenvalue weighted by atomic mass is 19.1. The normalized spacial score (nSPS) is 15.7. The van der Waals surface area contributed by atoms with E-state index in [0.29, 0.717) is 18.4 Å². The number of fused-ring (bicyclic) bond motifs is 1. The Morgan fingerprint density at radius 3 is 2.38 bits per heavy atom. The quantitative estimate of drug-likeness (QED) is 0.696. The Bertz CT molecular complexity index is 690. The molecule has 0 radical (unpaired) electrons. The van der Waals surface area contributed by atoms with Crippen LogP contribution in [0.5, 0.6) is 0 Å². The van der Waals surface area contributed by atoms with Gasteiger partial charge in [0, 0.05) is 17.2 Å². The van der Waals surface area contributed by atoms with E-state index in [1.54, 1.807) is 0 Å². The van der Waals surface area contributed by atoms with E-state index >= 15 is 0 Å². The molecule has 0 saturated heterocycles. The van der Waals surface area contributed by atoms with Crippen molar-refractivity contribution in [1.29, 1.82) is 0 Å². The van der Waals surface area contributed by atoms with Gasteiger partial charge in [0.2, 0.25) is 0 Å². The van der Waals surface area contributed by atoms with E-state index in [9.17, 15) is 14.5 Å². The number of benzene rings is 2. The summed E-state index contributed by atoms with van der Waals surface area (Å²) < 4.78 is 13.4. The van der Waals surface area contributed by atoms with E-state index in [4.69, 9.17) is 5.73 Å². The second kappa shape index (κ2) is 4.93. The molecule has 2 aromatic carbocycles. The van der Waals surface area contributed by atoms with Gasteiger partial charge in [0.25, 0.3) is 5.69 Å². The van der Waals surface area contributed by atoms with Crippen LogP contribution >= 0.6 is 0 Å². The number of hydrogen-bond acceptors (Lipinski definition) is 3. The lowest BCUT2D eigenvalue weighted by Gasteiger charge is -2.23. The number of nitrogens with zero attached hydrogens (tertiary/aromatic N) is 1. The molecule has 2 aromatic rings. The first-order valence-electron chi connectivity index (χ1n) is 6.75. The lowest BCUT2D eigenvalue weighted by atomic mass is 9.88. The smallest absolute Gasteiger partial charge is 0.272 e. The van der Waals surface area contributed by atoms with Crippen molar-refractivity contribution in [3.05, 3.63) is 75.1 Å². The van der Waals surface area contributed by atoms with Crippen LogP contribution in [0.2, 0.25) is 0 Å². The molecular formula is C16H15FN2O2. The third kappa shape index (κ3) is 2.64. The Kier molecular flexibility index (Phi) is 3.22. The van der Waals surface area contributed by atoms with Gasteiger partial charge in [-0.2, -0.15) is 0 Å². The van der Waals surface area contributed by atoms with Crippen LogP contribution in [0.25, 0.3) is 0 Å². The summed E-state index contributed by atoms with van der Waals surface area (Å²) in [6.07, 6.45) is 1.59. The molecule has 0 atom stereocenters. The highest BCUT2D eigenvalue weighted by Gasteiger charge is 2.35. The van der Waals surface area contributed by atoms with E-state index in [1.165, 1.54) is 23.3 Å². The van der Waals surface area contributed by atoms with Gasteiger partial charge < -0.3 is 5.73 Å². The van der Waals surface area contributed by atoms with Crippen molar-refractivity contribution in [1.82, 2.24) is 0 Å². The van der Waals surface area contributed by atoms with E-state index in [2.05, 4.69) is 0 Å². The van der Waals surface area contributed by atoms with Crippen molar-refractivity contribution < 1.29 is 9.31 Å². The van der Waals surface area contributed by atoms with Gasteiger partial charge in [-0.15, -0.1) is 0 Å². The highest BCUT2D eigenvalue weighted by molar-refractivity contribution is 5.44. The van der Waals surface area contributed by atoms with E-state index in [0.717, 1.165) is 6.07 Å². The average Bonchev–Trinajstić information content (AvgIpc) is 2.73. The predicted molar refractivity (Wildman–Crippen MR) is 77.5 cm³/mol. The van der Waals surface area contributed by atoms with Crippen LogP contribution < -0.4 is 5.73 Å². The standard InChI is InChI=1S/C16H15FN2O2/c17-14-5-6-15(19(20)21)13(7-14)10-16(18)8-11-3-1-2-4-12(11)9-16/h1-7H,8-10,18H2. The van der Waals surface area contributed by atoms with Crippen molar-refractivity contribution in [2.45, 2.75) is 24.8 Å². The molecule has 0 spiro atoms. The fourth-order valence-corrected chi connectivity index (χ4v) is 3.10. The van der Waals surface area contributed by atoms with E-state index in [-0.39, 0.29) is 12.1 Å². The van der Waals surface area contributed by atoms with Crippen LogP contribution in [-0.2, 0) is 19.3 Å². The van der Waals surface area contributed by atoms with Crippen molar-refractivity contribution in [2.24, 2.45) is 5.73 Å². The zero-order valence-electron chi connectivity index (χ0n) is 11.4. The molecule has 0 amide bonds. The van der Waals surface area contributed by atoms with Crippen molar-refractivity contribution in [2.75, 3.05) is 0 Å². The Hall–Kier alpha value is -2.27. The van der Waals surface area contributed by atoms with Crippen molar-refractivity contribution in [3.63, 3.8) is 0 Å². The molecule has 1 aliphatic carbocycles. The molecule has 0 fully saturated rings. The van der Waals surface area contributed by atoms with Crippen LogP contribution in [0.15, 0.2) is 42.5 Å². The molecule has 2 N–H and O–H groups in total. The SMILES string of the molecule is NC1(Cc2cc(F)ccc2[N+](=O)[O-])Cc2ccccc2C1. The summed E-state index contributed by atoms with van der Waals surface area (Å²) in [4.78, 5) is 10.6. The average molecular weight is 286 g/mol. The maximum atomic E-state index is 13.4. The minimum atomic E-state index is -0.595. The highest BCUT2D eigenvalue weighted by Crippen LogP contribution is 2.33. The van der Waals surface area contributed by atoms with Gasteiger partial charge in [0.1, 0.15) is 5.82 Å². The fourth-order valence-electron chi connectivity index (χ4n) is 3.10. The summed E-state index contributed by atoms with van der Waals surface area (Å²) in [5, 5.41) is 11.1. The lowest BCUT2D eigenvalue weighted by molar-refractivity contribution is -0.385. The largest absolute Gasteiger partial charge is 0.324 e. The van der Waals surface area contributed by atoms with Crippen LogP contribution in [0, 0.1) is 15.9 Å². The number of hydrogen-bond donors (Lipinski definition) is 1. The zero-order chi connectivity index (χ0) is 15.0. The second-order valence-electron chi connectivity index (χ2n) is 5.69. The molecule has 1 aliphatic rings. The van der Waals surface area contributed by atoms with Gasteiger partial charge in [-0.1, -0.05) is 24.3 Å². The molecule has 0 bridgehead atoms. The Labute approximate surface area is 121 Å². The molecule has 21 heavy (non-hydrogen) atoms. The molecule has 0 heterocycles. The van der Waals surface area contributed by atoms with Gasteiger partial charge in [-0.3, -0.25) is 10.1 Å². The van der Waals surface area contributed by atoms with Gasteiger partial charge in [-0.05, 0) is 42.5 Å². The summed E-state index contributed by atoms with van der Waals surface area (Å²) in [5.41, 5.74) is 8.44.